The summed E-state index contributed by atoms with van der Waals surface area (Å²) in [4.78, 5) is 12.4. The van der Waals surface area contributed by atoms with Gasteiger partial charge in [0.15, 0.2) is 0 Å². The van der Waals surface area contributed by atoms with Gasteiger partial charge in [0.25, 0.3) is 15.9 Å². The molecule has 0 spiro atoms. The Bertz CT molecular complexity index is 875. The van der Waals surface area contributed by atoms with E-state index in [1.54, 1.807) is 11.4 Å². The number of nitrogens with one attached hydrogen (secondary N) is 2. The Morgan fingerprint density at radius 1 is 1.38 bits per heavy atom. The lowest BCUT2D eigenvalue weighted by molar-refractivity contribution is 0.0711. The average Bonchev–Trinajstić information content (AvgIpc) is 3.28. The maximum atomic E-state index is 12.4. The molecule has 2 heterocycles. The van der Waals surface area contributed by atoms with Crippen molar-refractivity contribution in [2.45, 2.75) is 36.1 Å². The zero-order valence-electron chi connectivity index (χ0n) is 14.1. The molecule has 1 aromatic carbocycles. The number of hydrogen-bond donors (Lipinski definition) is 3. The highest BCUT2D eigenvalue weighted by Crippen LogP contribution is 2.26. The maximum absolute atomic E-state index is 12.4. The van der Waals surface area contributed by atoms with Gasteiger partial charge in [-0.2, -0.15) is 0 Å². The molecular formula is C17H20N2O5S2. The fourth-order valence-corrected chi connectivity index (χ4v) is 4.83. The van der Waals surface area contributed by atoms with Crippen molar-refractivity contribution in [1.82, 2.24) is 5.32 Å². The topological polar surface area (TPSA) is 105 Å². The fourth-order valence-electron chi connectivity index (χ4n) is 2.78. The molecule has 2 aromatic rings. The van der Waals surface area contributed by atoms with E-state index in [-0.39, 0.29) is 33.4 Å². The molecule has 1 amide bonds. The second-order valence-electron chi connectivity index (χ2n) is 6.08. The van der Waals surface area contributed by atoms with Crippen LogP contribution in [0.25, 0.3) is 0 Å². The van der Waals surface area contributed by atoms with E-state index >= 15 is 0 Å². The number of carbonyl (C=O) groups is 1. The minimum absolute atomic E-state index is 0.0297. The van der Waals surface area contributed by atoms with Crippen LogP contribution < -0.4 is 10.0 Å². The Hall–Kier alpha value is -2.10. The number of sulfonamides is 1. The SMILES string of the molecule is CC(NC(=O)c1ccc(NS(=O)(=O)c2cccs2)cc1O)C1CCCO1. The van der Waals surface area contributed by atoms with Crippen LogP contribution in [0.2, 0.25) is 0 Å². The molecule has 1 aliphatic rings. The summed E-state index contributed by atoms with van der Waals surface area (Å²) in [5.74, 6) is -0.730. The van der Waals surface area contributed by atoms with Crippen molar-refractivity contribution in [3.05, 3.63) is 41.3 Å². The summed E-state index contributed by atoms with van der Waals surface area (Å²) in [5, 5.41) is 14.6. The van der Waals surface area contributed by atoms with Crippen LogP contribution in [0.3, 0.4) is 0 Å². The molecule has 26 heavy (non-hydrogen) atoms. The standard InChI is InChI=1S/C17H20N2O5S2/c1-11(15-4-2-8-24-15)18-17(21)13-7-6-12(10-14(13)20)19-26(22,23)16-5-3-9-25-16/h3,5-7,9-11,15,19-20H,2,4,8H2,1H3,(H,18,21). The van der Waals surface area contributed by atoms with Crippen LogP contribution in [-0.2, 0) is 14.8 Å². The van der Waals surface area contributed by atoms with Crippen LogP contribution in [0.5, 0.6) is 5.75 Å². The number of ether oxygens (including phenoxy) is 1. The number of benzene rings is 1. The van der Waals surface area contributed by atoms with Gasteiger partial charge in [0, 0.05) is 12.7 Å². The first-order valence-electron chi connectivity index (χ1n) is 8.18. The highest BCUT2D eigenvalue weighted by molar-refractivity contribution is 7.94. The Balaban J connectivity index is 1.70. The summed E-state index contributed by atoms with van der Waals surface area (Å²) in [6.45, 7) is 2.55. The summed E-state index contributed by atoms with van der Waals surface area (Å²) in [7, 11) is -3.71. The third-order valence-electron chi connectivity index (χ3n) is 4.14. The van der Waals surface area contributed by atoms with Gasteiger partial charge in [0.05, 0.1) is 23.4 Å². The second-order valence-corrected chi connectivity index (χ2v) is 8.94. The summed E-state index contributed by atoms with van der Waals surface area (Å²) >= 11 is 1.09. The van der Waals surface area contributed by atoms with Gasteiger partial charge < -0.3 is 15.2 Å². The molecule has 1 fully saturated rings. The third-order valence-corrected chi connectivity index (χ3v) is 6.91. The molecule has 0 radical (unpaired) electrons. The van der Waals surface area contributed by atoms with Crippen LogP contribution in [-0.4, -0.2) is 38.2 Å². The quantitative estimate of drug-likeness (QED) is 0.696. The number of rotatable bonds is 6. The zero-order chi connectivity index (χ0) is 18.7. The molecule has 9 heteroatoms. The lowest BCUT2D eigenvalue weighted by Gasteiger charge is -2.20. The van der Waals surface area contributed by atoms with Crippen molar-refractivity contribution in [2.24, 2.45) is 0 Å². The van der Waals surface area contributed by atoms with E-state index in [2.05, 4.69) is 10.0 Å². The molecule has 2 atom stereocenters. The van der Waals surface area contributed by atoms with Crippen LogP contribution in [0.1, 0.15) is 30.1 Å². The van der Waals surface area contributed by atoms with Gasteiger partial charge in [0.1, 0.15) is 9.96 Å². The molecule has 7 nitrogen and oxygen atoms in total. The van der Waals surface area contributed by atoms with Gasteiger partial charge in [-0.25, -0.2) is 8.42 Å². The summed E-state index contributed by atoms with van der Waals surface area (Å²) in [5.41, 5.74) is 0.258. The molecule has 0 saturated carbocycles. The van der Waals surface area contributed by atoms with E-state index in [9.17, 15) is 18.3 Å². The van der Waals surface area contributed by atoms with Gasteiger partial charge >= 0.3 is 0 Å². The van der Waals surface area contributed by atoms with Crippen molar-refractivity contribution in [3.8, 4) is 5.75 Å². The van der Waals surface area contributed by atoms with E-state index in [4.69, 9.17) is 4.74 Å². The van der Waals surface area contributed by atoms with Crippen LogP contribution in [0.15, 0.2) is 39.9 Å². The Morgan fingerprint density at radius 3 is 2.81 bits per heavy atom. The fraction of sp³-hybridized carbons (Fsp3) is 0.353. The van der Waals surface area contributed by atoms with Gasteiger partial charge in [-0.1, -0.05) is 6.07 Å². The predicted molar refractivity (Wildman–Crippen MR) is 99.1 cm³/mol. The summed E-state index contributed by atoms with van der Waals surface area (Å²) in [6, 6.07) is 6.99. The summed E-state index contributed by atoms with van der Waals surface area (Å²) < 4.78 is 32.5. The van der Waals surface area contributed by atoms with Gasteiger partial charge in [-0.3, -0.25) is 9.52 Å². The van der Waals surface area contributed by atoms with E-state index in [0.29, 0.717) is 6.61 Å². The Labute approximate surface area is 156 Å². The number of phenols is 1. The smallest absolute Gasteiger partial charge is 0.271 e. The van der Waals surface area contributed by atoms with Crippen LogP contribution >= 0.6 is 11.3 Å². The van der Waals surface area contributed by atoms with E-state index in [0.717, 1.165) is 24.2 Å². The molecule has 140 valence electrons. The number of aromatic hydroxyl groups is 1. The molecule has 0 aliphatic carbocycles. The largest absolute Gasteiger partial charge is 0.507 e. The summed E-state index contributed by atoms with van der Waals surface area (Å²) in [6.07, 6.45) is 1.82. The molecule has 3 rings (SSSR count). The van der Waals surface area contributed by atoms with Crippen LogP contribution in [0.4, 0.5) is 5.69 Å². The Morgan fingerprint density at radius 2 is 2.19 bits per heavy atom. The molecule has 1 aromatic heterocycles. The Kier molecular flexibility index (Phi) is 5.49. The van der Waals surface area contributed by atoms with E-state index in [1.165, 1.54) is 24.3 Å². The molecule has 0 bridgehead atoms. The van der Waals surface area contributed by atoms with Gasteiger partial charge in [-0.05, 0) is 43.3 Å². The molecule has 1 aliphatic heterocycles. The highest BCUT2D eigenvalue weighted by Gasteiger charge is 2.25. The minimum atomic E-state index is -3.71. The normalized spacial score (nSPS) is 18.4. The van der Waals surface area contributed by atoms with Crippen molar-refractivity contribution >= 4 is 33.0 Å². The number of phenolic OH excluding ortho intramolecular Hbond substituents is 1. The monoisotopic (exact) mass is 396 g/mol. The first-order valence-corrected chi connectivity index (χ1v) is 10.5. The van der Waals surface area contributed by atoms with Crippen molar-refractivity contribution in [2.75, 3.05) is 11.3 Å². The number of anilines is 1. The second kappa shape index (κ2) is 7.65. The van der Waals surface area contributed by atoms with Gasteiger partial charge in [-0.15, -0.1) is 11.3 Å². The molecule has 2 unspecified atom stereocenters. The van der Waals surface area contributed by atoms with E-state index < -0.39 is 15.9 Å². The molecule has 3 N–H and O–H groups in total. The van der Waals surface area contributed by atoms with E-state index in [1.807, 2.05) is 6.92 Å². The predicted octanol–water partition coefficient (Wildman–Crippen LogP) is 2.55. The first-order chi connectivity index (χ1) is 12.4. The van der Waals surface area contributed by atoms with Crippen molar-refractivity contribution in [1.29, 1.82) is 0 Å². The highest BCUT2D eigenvalue weighted by atomic mass is 32.2. The van der Waals surface area contributed by atoms with Crippen molar-refractivity contribution in [3.63, 3.8) is 0 Å². The zero-order valence-corrected chi connectivity index (χ0v) is 15.8. The lowest BCUT2D eigenvalue weighted by atomic mass is 10.1. The third kappa shape index (κ3) is 4.17. The van der Waals surface area contributed by atoms with Gasteiger partial charge in [0.2, 0.25) is 0 Å². The molecule has 1 saturated heterocycles. The average molecular weight is 396 g/mol. The lowest BCUT2D eigenvalue weighted by Crippen LogP contribution is -2.40. The van der Waals surface area contributed by atoms with Crippen LogP contribution in [0, 0.1) is 0 Å². The number of amides is 1. The number of hydrogen-bond acceptors (Lipinski definition) is 6. The minimum Gasteiger partial charge on any atom is -0.507 e. The number of carbonyl (C=O) groups excluding carboxylic acids is 1. The van der Waals surface area contributed by atoms with Crippen molar-refractivity contribution < 1.29 is 23.1 Å². The maximum Gasteiger partial charge on any atom is 0.271 e. The molecular weight excluding hydrogens is 376 g/mol. The first kappa shape index (κ1) is 18.7. The number of thiophene rings is 1.